The first-order valence-electron chi connectivity index (χ1n) is 7.44. The molecular weight excluding hydrogens is 270 g/mol. The van der Waals surface area contributed by atoms with E-state index in [0.717, 1.165) is 19.6 Å². The highest BCUT2D eigenvalue weighted by molar-refractivity contribution is 5.32. The van der Waals surface area contributed by atoms with Crippen LogP contribution >= 0.6 is 0 Å². The number of hydrogen-bond acceptors (Lipinski definition) is 7. The fourth-order valence-electron chi connectivity index (χ4n) is 2.51. The van der Waals surface area contributed by atoms with E-state index in [4.69, 9.17) is 9.47 Å². The van der Waals surface area contributed by atoms with Gasteiger partial charge in [-0.1, -0.05) is 13.8 Å². The van der Waals surface area contributed by atoms with Gasteiger partial charge in [-0.15, -0.1) is 4.98 Å². The first kappa shape index (κ1) is 15.8. The molecule has 1 atom stereocenters. The van der Waals surface area contributed by atoms with Crippen molar-refractivity contribution in [2.24, 2.45) is 5.92 Å². The third kappa shape index (κ3) is 4.42. The van der Waals surface area contributed by atoms with E-state index < -0.39 is 0 Å². The van der Waals surface area contributed by atoms with Crippen molar-refractivity contribution in [1.82, 2.24) is 20.3 Å². The molecule has 0 aromatic carbocycles. The molecule has 1 aromatic rings. The van der Waals surface area contributed by atoms with Crippen LogP contribution in [0.5, 0.6) is 12.0 Å². The highest BCUT2D eigenvalue weighted by Gasteiger charge is 2.22. The molecular formula is C14H25N5O2. The molecule has 1 N–H and O–H groups in total. The highest BCUT2D eigenvalue weighted by atomic mass is 16.5. The maximum atomic E-state index is 5.14. The minimum atomic E-state index is 0.282. The maximum Gasteiger partial charge on any atom is 0.324 e. The molecule has 0 bridgehead atoms. The average Bonchev–Trinajstić information content (AvgIpc) is 2.98. The second-order valence-electron chi connectivity index (χ2n) is 5.70. The summed E-state index contributed by atoms with van der Waals surface area (Å²) in [6.45, 7) is 7.22. The molecule has 118 valence electrons. The average molecular weight is 295 g/mol. The number of anilines is 1. The summed E-state index contributed by atoms with van der Waals surface area (Å²) in [6.07, 6.45) is 2.41. The second-order valence-corrected chi connectivity index (χ2v) is 5.70. The van der Waals surface area contributed by atoms with Gasteiger partial charge in [0.2, 0.25) is 5.95 Å². The molecule has 0 amide bonds. The second kappa shape index (κ2) is 7.40. The Kier molecular flexibility index (Phi) is 5.55. The molecule has 7 nitrogen and oxygen atoms in total. The standard InChI is InChI=1S/C14H25N5O2/c1-10(2)8-19(9-11-6-5-7-15-11)12-16-13(20-3)18-14(17-12)21-4/h10-11,15H,5-9H2,1-4H3. The summed E-state index contributed by atoms with van der Waals surface area (Å²) in [6, 6.07) is 1.05. The smallest absolute Gasteiger partial charge is 0.324 e. The van der Waals surface area contributed by atoms with Crippen LogP contribution in [0.25, 0.3) is 0 Å². The summed E-state index contributed by atoms with van der Waals surface area (Å²) in [5.41, 5.74) is 0. The monoisotopic (exact) mass is 295 g/mol. The molecule has 2 rings (SSSR count). The van der Waals surface area contributed by atoms with E-state index in [0.29, 0.717) is 17.9 Å². The van der Waals surface area contributed by atoms with Gasteiger partial charge >= 0.3 is 12.0 Å². The Morgan fingerprint density at radius 1 is 1.19 bits per heavy atom. The Bertz CT molecular complexity index is 427. The fourth-order valence-corrected chi connectivity index (χ4v) is 2.51. The van der Waals surface area contributed by atoms with E-state index in [1.165, 1.54) is 12.8 Å². The zero-order chi connectivity index (χ0) is 15.2. The van der Waals surface area contributed by atoms with Crippen molar-refractivity contribution >= 4 is 5.95 Å². The SMILES string of the molecule is COc1nc(OC)nc(N(CC(C)C)CC2CCCN2)n1. The topological polar surface area (TPSA) is 72.4 Å². The lowest BCUT2D eigenvalue weighted by molar-refractivity contribution is 0.339. The van der Waals surface area contributed by atoms with Crippen molar-refractivity contribution in [3.05, 3.63) is 0 Å². The number of ether oxygens (including phenoxy) is 2. The predicted molar refractivity (Wildman–Crippen MR) is 81.0 cm³/mol. The highest BCUT2D eigenvalue weighted by Crippen LogP contribution is 2.19. The molecule has 1 aliphatic heterocycles. The van der Waals surface area contributed by atoms with Crippen molar-refractivity contribution in [2.75, 3.05) is 38.8 Å². The lowest BCUT2D eigenvalue weighted by atomic mass is 10.1. The molecule has 1 saturated heterocycles. The van der Waals surface area contributed by atoms with Gasteiger partial charge < -0.3 is 19.7 Å². The number of rotatable bonds is 7. The molecule has 0 saturated carbocycles. The van der Waals surface area contributed by atoms with Gasteiger partial charge in [-0.2, -0.15) is 9.97 Å². The molecule has 2 heterocycles. The Labute approximate surface area is 126 Å². The van der Waals surface area contributed by atoms with Gasteiger partial charge in [-0.05, 0) is 25.3 Å². The van der Waals surface area contributed by atoms with Gasteiger partial charge in [0.1, 0.15) is 0 Å². The summed E-state index contributed by atoms with van der Waals surface area (Å²) in [5, 5.41) is 3.51. The van der Waals surface area contributed by atoms with Gasteiger partial charge in [-0.25, -0.2) is 0 Å². The van der Waals surface area contributed by atoms with Crippen LogP contribution in [-0.4, -0.2) is 54.8 Å². The van der Waals surface area contributed by atoms with Crippen LogP contribution in [0.4, 0.5) is 5.95 Å². The van der Waals surface area contributed by atoms with Crippen LogP contribution in [0, 0.1) is 5.92 Å². The van der Waals surface area contributed by atoms with Crippen LogP contribution in [0.2, 0.25) is 0 Å². The first-order valence-corrected chi connectivity index (χ1v) is 7.44. The number of nitrogens with one attached hydrogen (secondary N) is 1. The van der Waals surface area contributed by atoms with Crippen molar-refractivity contribution < 1.29 is 9.47 Å². The maximum absolute atomic E-state index is 5.14. The normalized spacial score (nSPS) is 18.0. The largest absolute Gasteiger partial charge is 0.467 e. The minimum Gasteiger partial charge on any atom is -0.467 e. The van der Waals surface area contributed by atoms with Crippen LogP contribution in [-0.2, 0) is 0 Å². The Morgan fingerprint density at radius 3 is 2.33 bits per heavy atom. The summed E-state index contributed by atoms with van der Waals surface area (Å²) in [7, 11) is 3.09. The van der Waals surface area contributed by atoms with E-state index >= 15 is 0 Å². The Morgan fingerprint density at radius 2 is 1.86 bits per heavy atom. The van der Waals surface area contributed by atoms with E-state index in [2.05, 4.69) is 39.0 Å². The lowest BCUT2D eigenvalue weighted by Crippen LogP contribution is -2.40. The summed E-state index contributed by atoms with van der Waals surface area (Å²) >= 11 is 0. The van der Waals surface area contributed by atoms with Crippen molar-refractivity contribution in [1.29, 1.82) is 0 Å². The molecule has 21 heavy (non-hydrogen) atoms. The Hall–Kier alpha value is -1.63. The molecule has 0 spiro atoms. The lowest BCUT2D eigenvalue weighted by Gasteiger charge is -2.27. The zero-order valence-electron chi connectivity index (χ0n) is 13.3. The van der Waals surface area contributed by atoms with Crippen molar-refractivity contribution in [2.45, 2.75) is 32.7 Å². The molecule has 7 heteroatoms. The minimum absolute atomic E-state index is 0.282. The number of methoxy groups -OCH3 is 2. The van der Waals surface area contributed by atoms with Gasteiger partial charge in [0.15, 0.2) is 0 Å². The van der Waals surface area contributed by atoms with Gasteiger partial charge in [0.25, 0.3) is 0 Å². The first-order chi connectivity index (χ1) is 10.1. The summed E-state index contributed by atoms with van der Waals surface area (Å²) in [5.74, 6) is 1.13. The fraction of sp³-hybridized carbons (Fsp3) is 0.786. The number of nitrogens with zero attached hydrogens (tertiary/aromatic N) is 4. The predicted octanol–water partition coefficient (Wildman–Crippen LogP) is 1.10. The molecule has 0 radical (unpaired) electrons. The molecule has 1 aromatic heterocycles. The quantitative estimate of drug-likeness (QED) is 0.807. The molecule has 1 aliphatic rings. The van der Waals surface area contributed by atoms with Crippen LogP contribution in [0.1, 0.15) is 26.7 Å². The van der Waals surface area contributed by atoms with Crippen LogP contribution in [0.15, 0.2) is 0 Å². The third-order valence-electron chi connectivity index (χ3n) is 3.42. The van der Waals surface area contributed by atoms with E-state index in [1.54, 1.807) is 14.2 Å². The van der Waals surface area contributed by atoms with E-state index in [-0.39, 0.29) is 12.0 Å². The van der Waals surface area contributed by atoms with Crippen LogP contribution < -0.4 is 19.7 Å². The van der Waals surface area contributed by atoms with Crippen LogP contribution in [0.3, 0.4) is 0 Å². The summed E-state index contributed by atoms with van der Waals surface area (Å²) in [4.78, 5) is 15.0. The number of hydrogen-bond donors (Lipinski definition) is 1. The zero-order valence-corrected chi connectivity index (χ0v) is 13.3. The van der Waals surface area contributed by atoms with Crippen molar-refractivity contribution in [3.63, 3.8) is 0 Å². The summed E-state index contributed by atoms with van der Waals surface area (Å²) < 4.78 is 10.3. The van der Waals surface area contributed by atoms with Crippen molar-refractivity contribution in [3.8, 4) is 12.0 Å². The number of aromatic nitrogens is 3. The van der Waals surface area contributed by atoms with Gasteiger partial charge in [-0.3, -0.25) is 0 Å². The van der Waals surface area contributed by atoms with E-state index in [9.17, 15) is 0 Å². The molecule has 1 unspecified atom stereocenters. The molecule has 1 fully saturated rings. The van der Waals surface area contributed by atoms with Gasteiger partial charge in [0.05, 0.1) is 14.2 Å². The molecule has 0 aliphatic carbocycles. The Balaban J connectivity index is 2.21. The van der Waals surface area contributed by atoms with Gasteiger partial charge in [0, 0.05) is 19.1 Å². The third-order valence-corrected chi connectivity index (χ3v) is 3.42. The van der Waals surface area contributed by atoms with E-state index in [1.807, 2.05) is 0 Å².